The van der Waals surface area contributed by atoms with Crippen LogP contribution in [0.25, 0.3) is 11.3 Å². The van der Waals surface area contributed by atoms with Crippen molar-refractivity contribution >= 4 is 0 Å². The van der Waals surface area contributed by atoms with Crippen molar-refractivity contribution in [2.24, 2.45) is 0 Å². The summed E-state index contributed by atoms with van der Waals surface area (Å²) in [6.07, 6.45) is 1.37. The van der Waals surface area contributed by atoms with E-state index in [2.05, 4.69) is 31.1 Å². The Balaban J connectivity index is 2.25. The second kappa shape index (κ2) is 5.63. The zero-order valence-electron chi connectivity index (χ0n) is 12.2. The minimum atomic E-state index is -0.420. The second-order valence-electron chi connectivity index (χ2n) is 5.58. The summed E-state index contributed by atoms with van der Waals surface area (Å²) in [6, 6.07) is 4.72. The minimum Gasteiger partial charge on any atom is -0.494 e. The van der Waals surface area contributed by atoms with Crippen LogP contribution in [0.4, 0.5) is 4.39 Å². The standard InChI is InChI=1S/C15H19FN2O2/c1-15(2,3)18-8-12-14(20-9-17-12)10-5-6-13(19-4)11(16)7-10/h5-7,9,18H,8H2,1-4H3. The van der Waals surface area contributed by atoms with Gasteiger partial charge in [0.1, 0.15) is 5.69 Å². The fourth-order valence-electron chi connectivity index (χ4n) is 1.79. The lowest BCUT2D eigenvalue weighted by atomic mass is 10.1. The minimum absolute atomic E-state index is 0.0264. The molecule has 0 fully saturated rings. The van der Waals surface area contributed by atoms with Crippen LogP contribution in [-0.2, 0) is 6.54 Å². The summed E-state index contributed by atoms with van der Waals surface area (Å²) in [5.41, 5.74) is 1.37. The molecule has 0 bridgehead atoms. The summed E-state index contributed by atoms with van der Waals surface area (Å²) < 4.78 is 24.0. The zero-order valence-corrected chi connectivity index (χ0v) is 12.2. The number of hydrogen-bond acceptors (Lipinski definition) is 4. The predicted molar refractivity (Wildman–Crippen MR) is 75.0 cm³/mol. The molecule has 0 radical (unpaired) electrons. The van der Waals surface area contributed by atoms with E-state index in [0.29, 0.717) is 17.9 Å². The lowest BCUT2D eigenvalue weighted by Crippen LogP contribution is -2.35. The Labute approximate surface area is 118 Å². The van der Waals surface area contributed by atoms with Crippen LogP contribution in [0.15, 0.2) is 29.0 Å². The van der Waals surface area contributed by atoms with E-state index in [0.717, 1.165) is 5.69 Å². The van der Waals surface area contributed by atoms with Gasteiger partial charge in [-0.3, -0.25) is 0 Å². The van der Waals surface area contributed by atoms with Gasteiger partial charge in [0.15, 0.2) is 23.7 Å². The summed E-state index contributed by atoms with van der Waals surface area (Å²) in [4.78, 5) is 4.19. The molecule has 5 heteroatoms. The summed E-state index contributed by atoms with van der Waals surface area (Å²) in [5, 5.41) is 3.33. The summed E-state index contributed by atoms with van der Waals surface area (Å²) in [6.45, 7) is 6.77. The van der Waals surface area contributed by atoms with E-state index in [1.165, 1.54) is 19.6 Å². The number of benzene rings is 1. The number of aromatic nitrogens is 1. The van der Waals surface area contributed by atoms with Gasteiger partial charge >= 0.3 is 0 Å². The van der Waals surface area contributed by atoms with E-state index in [1.54, 1.807) is 12.1 Å². The van der Waals surface area contributed by atoms with E-state index in [4.69, 9.17) is 9.15 Å². The monoisotopic (exact) mass is 278 g/mol. The molecule has 4 nitrogen and oxygen atoms in total. The molecule has 0 aliphatic heterocycles. The molecule has 1 aromatic carbocycles. The van der Waals surface area contributed by atoms with Gasteiger partial charge in [0.25, 0.3) is 0 Å². The number of methoxy groups -OCH3 is 1. The van der Waals surface area contributed by atoms with Gasteiger partial charge in [-0.15, -0.1) is 0 Å². The highest BCUT2D eigenvalue weighted by Gasteiger charge is 2.16. The lowest BCUT2D eigenvalue weighted by molar-refractivity contribution is 0.386. The van der Waals surface area contributed by atoms with Gasteiger partial charge in [-0.25, -0.2) is 9.37 Å². The molecule has 1 N–H and O–H groups in total. The summed E-state index contributed by atoms with van der Waals surface area (Å²) in [7, 11) is 1.44. The number of halogens is 1. The molecule has 0 unspecified atom stereocenters. The normalized spacial score (nSPS) is 11.7. The molecular weight excluding hydrogens is 259 g/mol. The van der Waals surface area contributed by atoms with Crippen molar-refractivity contribution in [2.45, 2.75) is 32.9 Å². The first-order valence-electron chi connectivity index (χ1n) is 6.42. The number of oxazole rings is 1. The molecule has 0 aliphatic rings. The van der Waals surface area contributed by atoms with Crippen LogP contribution in [-0.4, -0.2) is 17.6 Å². The number of nitrogens with zero attached hydrogens (tertiary/aromatic N) is 1. The van der Waals surface area contributed by atoms with Crippen molar-refractivity contribution in [3.8, 4) is 17.1 Å². The maximum absolute atomic E-state index is 13.7. The first-order chi connectivity index (χ1) is 9.40. The summed E-state index contributed by atoms with van der Waals surface area (Å²) in [5.74, 6) is 0.363. The van der Waals surface area contributed by atoms with Crippen molar-refractivity contribution < 1.29 is 13.5 Å². The molecule has 1 heterocycles. The molecule has 108 valence electrons. The number of ether oxygens (including phenoxy) is 1. The predicted octanol–water partition coefficient (Wildman–Crippen LogP) is 3.38. The molecular formula is C15H19FN2O2. The summed E-state index contributed by atoms with van der Waals surface area (Å²) >= 11 is 0. The van der Waals surface area contributed by atoms with Gasteiger partial charge in [0.05, 0.1) is 7.11 Å². The van der Waals surface area contributed by atoms with Crippen molar-refractivity contribution in [3.05, 3.63) is 36.1 Å². The highest BCUT2D eigenvalue weighted by atomic mass is 19.1. The number of rotatable bonds is 4. The van der Waals surface area contributed by atoms with Crippen LogP contribution in [0.5, 0.6) is 5.75 Å². The van der Waals surface area contributed by atoms with E-state index < -0.39 is 5.82 Å². The van der Waals surface area contributed by atoms with Crippen molar-refractivity contribution in [1.82, 2.24) is 10.3 Å². The highest BCUT2D eigenvalue weighted by molar-refractivity contribution is 5.61. The topological polar surface area (TPSA) is 47.3 Å². The van der Waals surface area contributed by atoms with Gasteiger partial charge in [-0.1, -0.05) is 0 Å². The largest absolute Gasteiger partial charge is 0.494 e. The van der Waals surface area contributed by atoms with E-state index in [-0.39, 0.29) is 11.3 Å². The van der Waals surface area contributed by atoms with E-state index >= 15 is 0 Å². The van der Waals surface area contributed by atoms with Gasteiger partial charge < -0.3 is 14.5 Å². The van der Waals surface area contributed by atoms with E-state index in [1.807, 2.05) is 0 Å². The Morgan fingerprint density at radius 1 is 1.35 bits per heavy atom. The van der Waals surface area contributed by atoms with Gasteiger partial charge in [0, 0.05) is 17.6 Å². The molecule has 0 amide bonds. The molecule has 0 aliphatic carbocycles. The Kier molecular flexibility index (Phi) is 4.09. The average Bonchev–Trinajstić information content (AvgIpc) is 2.83. The van der Waals surface area contributed by atoms with Gasteiger partial charge in [-0.05, 0) is 39.0 Å². The molecule has 0 atom stereocenters. The molecule has 2 aromatic rings. The average molecular weight is 278 g/mol. The number of nitrogens with one attached hydrogen (secondary N) is 1. The van der Waals surface area contributed by atoms with Crippen LogP contribution in [0.1, 0.15) is 26.5 Å². The number of hydrogen-bond donors (Lipinski definition) is 1. The van der Waals surface area contributed by atoms with Gasteiger partial charge in [-0.2, -0.15) is 0 Å². The Bertz CT molecular complexity index is 588. The van der Waals surface area contributed by atoms with Crippen molar-refractivity contribution in [2.75, 3.05) is 7.11 Å². The lowest BCUT2D eigenvalue weighted by Gasteiger charge is -2.19. The van der Waals surface area contributed by atoms with E-state index in [9.17, 15) is 4.39 Å². The van der Waals surface area contributed by atoms with Gasteiger partial charge in [0.2, 0.25) is 0 Å². The Hall–Kier alpha value is -1.88. The Morgan fingerprint density at radius 3 is 2.70 bits per heavy atom. The Morgan fingerprint density at radius 2 is 2.10 bits per heavy atom. The maximum atomic E-state index is 13.7. The van der Waals surface area contributed by atoms with Crippen LogP contribution in [0.2, 0.25) is 0 Å². The van der Waals surface area contributed by atoms with Crippen LogP contribution in [0.3, 0.4) is 0 Å². The highest BCUT2D eigenvalue weighted by Crippen LogP contribution is 2.27. The fraction of sp³-hybridized carbons (Fsp3) is 0.400. The third-order valence-corrected chi connectivity index (χ3v) is 2.84. The van der Waals surface area contributed by atoms with Crippen molar-refractivity contribution in [3.63, 3.8) is 0 Å². The van der Waals surface area contributed by atoms with Crippen LogP contribution in [0, 0.1) is 5.82 Å². The zero-order chi connectivity index (χ0) is 14.8. The first-order valence-corrected chi connectivity index (χ1v) is 6.42. The molecule has 0 saturated heterocycles. The molecule has 0 spiro atoms. The fourth-order valence-corrected chi connectivity index (χ4v) is 1.79. The SMILES string of the molecule is COc1ccc(-c2ocnc2CNC(C)(C)C)cc1F. The third kappa shape index (κ3) is 3.36. The molecule has 2 rings (SSSR count). The quantitative estimate of drug-likeness (QED) is 0.931. The maximum Gasteiger partial charge on any atom is 0.181 e. The van der Waals surface area contributed by atoms with Crippen molar-refractivity contribution in [1.29, 1.82) is 0 Å². The van der Waals surface area contributed by atoms with Crippen LogP contribution < -0.4 is 10.1 Å². The first kappa shape index (κ1) is 14.5. The molecule has 20 heavy (non-hydrogen) atoms. The molecule has 0 saturated carbocycles. The smallest absolute Gasteiger partial charge is 0.181 e. The van der Waals surface area contributed by atoms with Crippen LogP contribution >= 0.6 is 0 Å². The molecule has 1 aromatic heterocycles. The second-order valence-corrected chi connectivity index (χ2v) is 5.58. The third-order valence-electron chi connectivity index (χ3n) is 2.84.